The monoisotopic (exact) mass is 221 g/mol. The predicted octanol–water partition coefficient (Wildman–Crippen LogP) is -0.436. The summed E-state index contributed by atoms with van der Waals surface area (Å²) in [6.45, 7) is 4.26. The van der Waals surface area contributed by atoms with E-state index in [1.165, 1.54) is 6.33 Å². The van der Waals surface area contributed by atoms with Crippen molar-refractivity contribution in [3.05, 3.63) is 24.3 Å². The summed E-state index contributed by atoms with van der Waals surface area (Å²) in [5, 5.41) is 11.5. The van der Waals surface area contributed by atoms with E-state index in [0.717, 1.165) is 18.2 Å². The summed E-state index contributed by atoms with van der Waals surface area (Å²) in [5.74, 6) is 1.66. The smallest absolute Gasteiger partial charge is 0.164 e. The Hall–Kier alpha value is -1.76. The van der Waals surface area contributed by atoms with Gasteiger partial charge in [0.2, 0.25) is 0 Å². The molecular formula is C9H15N7. The highest BCUT2D eigenvalue weighted by Crippen LogP contribution is 1.96. The number of rotatable bonds is 5. The number of aromatic nitrogens is 6. The molecule has 2 heterocycles. The predicted molar refractivity (Wildman–Crippen MR) is 57.5 cm³/mol. The molecule has 0 bridgehead atoms. The molecule has 7 heteroatoms. The van der Waals surface area contributed by atoms with Gasteiger partial charge in [0.05, 0.1) is 6.54 Å². The summed E-state index contributed by atoms with van der Waals surface area (Å²) in [7, 11) is 1.86. The minimum Gasteiger partial charge on any atom is -0.310 e. The second kappa shape index (κ2) is 4.84. The van der Waals surface area contributed by atoms with E-state index in [4.69, 9.17) is 0 Å². The maximum atomic E-state index is 4.33. The quantitative estimate of drug-likeness (QED) is 0.741. The molecule has 1 N–H and O–H groups in total. The first-order chi connectivity index (χ1) is 7.79. The summed E-state index contributed by atoms with van der Waals surface area (Å²) >= 11 is 0. The van der Waals surface area contributed by atoms with E-state index in [2.05, 4.69) is 32.4 Å². The average Bonchev–Trinajstić information content (AvgIpc) is 2.87. The van der Waals surface area contributed by atoms with E-state index < -0.39 is 0 Å². The number of hydrogen-bond acceptors (Lipinski definition) is 5. The van der Waals surface area contributed by atoms with Crippen molar-refractivity contribution in [2.45, 2.75) is 20.0 Å². The van der Waals surface area contributed by atoms with E-state index in [0.29, 0.717) is 13.1 Å². The molecule has 0 fully saturated rings. The molecular weight excluding hydrogens is 206 g/mol. The largest absolute Gasteiger partial charge is 0.310 e. The van der Waals surface area contributed by atoms with Gasteiger partial charge in [0, 0.05) is 7.05 Å². The fourth-order valence-electron chi connectivity index (χ4n) is 1.34. The Kier molecular flexibility index (Phi) is 3.25. The molecule has 2 rings (SSSR count). The van der Waals surface area contributed by atoms with Crippen molar-refractivity contribution in [3.8, 4) is 0 Å². The molecule has 7 nitrogen and oxygen atoms in total. The van der Waals surface area contributed by atoms with E-state index in [1.54, 1.807) is 15.7 Å². The first-order valence-electron chi connectivity index (χ1n) is 5.21. The van der Waals surface area contributed by atoms with Crippen molar-refractivity contribution in [1.29, 1.82) is 0 Å². The van der Waals surface area contributed by atoms with Crippen LogP contribution in [0, 0.1) is 0 Å². The lowest BCUT2D eigenvalue weighted by Crippen LogP contribution is -2.13. The van der Waals surface area contributed by atoms with Gasteiger partial charge in [0.15, 0.2) is 5.82 Å². The van der Waals surface area contributed by atoms with Crippen molar-refractivity contribution >= 4 is 0 Å². The van der Waals surface area contributed by atoms with Gasteiger partial charge in [0.25, 0.3) is 0 Å². The minimum atomic E-state index is 0.593. The van der Waals surface area contributed by atoms with Crippen LogP contribution in [0.3, 0.4) is 0 Å². The van der Waals surface area contributed by atoms with Crippen LogP contribution in [0.2, 0.25) is 0 Å². The molecule has 0 aromatic carbocycles. The lowest BCUT2D eigenvalue weighted by Gasteiger charge is -1.99. The number of nitrogens with zero attached hydrogens (tertiary/aromatic N) is 6. The minimum absolute atomic E-state index is 0.593. The van der Waals surface area contributed by atoms with E-state index >= 15 is 0 Å². The molecule has 0 amide bonds. The molecule has 0 spiro atoms. The van der Waals surface area contributed by atoms with Crippen LogP contribution in [-0.4, -0.2) is 36.1 Å². The van der Waals surface area contributed by atoms with Crippen LogP contribution in [-0.2, 0) is 20.1 Å². The molecule has 0 saturated carbocycles. The van der Waals surface area contributed by atoms with Crippen molar-refractivity contribution < 1.29 is 0 Å². The van der Waals surface area contributed by atoms with Crippen LogP contribution in [0.1, 0.15) is 18.6 Å². The zero-order valence-corrected chi connectivity index (χ0v) is 9.46. The van der Waals surface area contributed by atoms with Gasteiger partial charge in [-0.2, -0.15) is 10.2 Å². The van der Waals surface area contributed by atoms with E-state index in [1.807, 2.05) is 7.05 Å². The highest BCUT2D eigenvalue weighted by molar-refractivity contribution is 4.87. The Labute approximate surface area is 93.5 Å². The highest BCUT2D eigenvalue weighted by atomic mass is 15.4. The molecule has 0 aliphatic rings. The summed E-state index contributed by atoms with van der Waals surface area (Å²) in [5.41, 5.74) is 0. The third-order valence-electron chi connectivity index (χ3n) is 2.23. The topological polar surface area (TPSA) is 73.5 Å². The molecule has 86 valence electrons. The first-order valence-corrected chi connectivity index (χ1v) is 5.21. The summed E-state index contributed by atoms with van der Waals surface area (Å²) in [6.07, 6.45) is 3.24. The third kappa shape index (κ3) is 2.43. The van der Waals surface area contributed by atoms with Crippen molar-refractivity contribution in [2.75, 3.05) is 6.54 Å². The molecule has 0 unspecified atom stereocenters. The van der Waals surface area contributed by atoms with E-state index in [-0.39, 0.29) is 0 Å². The van der Waals surface area contributed by atoms with Crippen LogP contribution in [0.15, 0.2) is 12.7 Å². The van der Waals surface area contributed by atoms with Gasteiger partial charge in [-0.25, -0.2) is 14.6 Å². The molecule has 0 radical (unpaired) electrons. The zero-order valence-electron chi connectivity index (χ0n) is 9.46. The lowest BCUT2D eigenvalue weighted by atomic mass is 10.6. The fraction of sp³-hybridized carbons (Fsp3) is 0.556. The van der Waals surface area contributed by atoms with Crippen molar-refractivity contribution in [3.63, 3.8) is 0 Å². The van der Waals surface area contributed by atoms with Gasteiger partial charge < -0.3 is 5.32 Å². The molecule has 0 atom stereocenters. The molecule has 2 aromatic heterocycles. The number of hydrogen-bond donors (Lipinski definition) is 1. The van der Waals surface area contributed by atoms with E-state index in [9.17, 15) is 0 Å². The maximum Gasteiger partial charge on any atom is 0.164 e. The summed E-state index contributed by atoms with van der Waals surface area (Å²) in [4.78, 5) is 8.33. The van der Waals surface area contributed by atoms with Crippen LogP contribution in [0.4, 0.5) is 0 Å². The van der Waals surface area contributed by atoms with Crippen LogP contribution in [0.5, 0.6) is 0 Å². The third-order valence-corrected chi connectivity index (χ3v) is 2.23. The Morgan fingerprint density at radius 1 is 1.38 bits per heavy atom. The molecule has 0 aliphatic heterocycles. The highest BCUT2D eigenvalue weighted by Gasteiger charge is 2.04. The molecule has 0 aliphatic carbocycles. The number of nitrogens with one attached hydrogen (secondary N) is 1. The second-order valence-corrected chi connectivity index (χ2v) is 3.44. The molecule has 0 saturated heterocycles. The first kappa shape index (κ1) is 10.7. The lowest BCUT2D eigenvalue weighted by molar-refractivity contribution is 0.594. The van der Waals surface area contributed by atoms with Crippen molar-refractivity contribution in [2.24, 2.45) is 7.05 Å². The molecule has 16 heavy (non-hydrogen) atoms. The maximum absolute atomic E-state index is 4.33. The van der Waals surface area contributed by atoms with Crippen LogP contribution in [0.25, 0.3) is 0 Å². The standard InChI is InChI=1S/C9H15N7/c1-3-10-4-8-12-7-16(14-8)5-9-11-6-13-15(9)2/h6-7,10H,3-5H2,1-2H3. The van der Waals surface area contributed by atoms with Gasteiger partial charge >= 0.3 is 0 Å². The number of aryl methyl sites for hydroxylation is 1. The van der Waals surface area contributed by atoms with Gasteiger partial charge in [-0.05, 0) is 6.54 Å². The average molecular weight is 221 g/mol. The summed E-state index contributed by atoms with van der Waals surface area (Å²) < 4.78 is 3.49. The Bertz CT molecular complexity index is 444. The molecule has 2 aromatic rings. The van der Waals surface area contributed by atoms with Gasteiger partial charge in [-0.15, -0.1) is 0 Å². The Morgan fingerprint density at radius 3 is 2.94 bits per heavy atom. The van der Waals surface area contributed by atoms with Gasteiger partial charge in [-0.1, -0.05) is 6.92 Å². The Balaban J connectivity index is 2.00. The fourth-order valence-corrected chi connectivity index (χ4v) is 1.34. The van der Waals surface area contributed by atoms with Crippen LogP contribution >= 0.6 is 0 Å². The van der Waals surface area contributed by atoms with Crippen LogP contribution < -0.4 is 5.32 Å². The van der Waals surface area contributed by atoms with Gasteiger partial charge in [0.1, 0.15) is 25.0 Å². The normalized spacial score (nSPS) is 10.9. The Morgan fingerprint density at radius 2 is 2.25 bits per heavy atom. The second-order valence-electron chi connectivity index (χ2n) is 3.44. The van der Waals surface area contributed by atoms with Gasteiger partial charge in [-0.3, -0.25) is 4.68 Å². The van der Waals surface area contributed by atoms with Crippen molar-refractivity contribution in [1.82, 2.24) is 34.8 Å². The SMILES string of the molecule is CCNCc1ncn(Cc2ncnn2C)n1. The summed E-state index contributed by atoms with van der Waals surface area (Å²) in [6, 6.07) is 0. The zero-order chi connectivity index (χ0) is 11.4.